The molecule has 1 fully saturated rings. The molecule has 3 aromatic rings. The first-order chi connectivity index (χ1) is 16.9. The number of ether oxygens (including phenoxy) is 2. The predicted molar refractivity (Wildman–Crippen MR) is 129 cm³/mol. The lowest BCUT2D eigenvalue weighted by Crippen LogP contribution is -2.14. The lowest BCUT2D eigenvalue weighted by Gasteiger charge is -2.28. The maximum atomic E-state index is 15.0. The molecule has 0 radical (unpaired) electrons. The van der Waals surface area contributed by atoms with Crippen LogP contribution in [0.3, 0.4) is 0 Å². The van der Waals surface area contributed by atoms with Crippen molar-refractivity contribution in [2.45, 2.75) is 58.5 Å². The Balaban J connectivity index is 1.44. The van der Waals surface area contributed by atoms with E-state index in [1.54, 1.807) is 43.3 Å². The van der Waals surface area contributed by atoms with Gasteiger partial charge in [-0.3, -0.25) is 0 Å². The molecule has 186 valence electrons. The Morgan fingerprint density at radius 1 is 0.686 bits per heavy atom. The summed E-state index contributed by atoms with van der Waals surface area (Å²) >= 11 is 0. The van der Waals surface area contributed by atoms with Crippen LogP contribution in [0, 0.1) is 29.2 Å². The first kappa shape index (κ1) is 25.1. The van der Waals surface area contributed by atoms with Crippen LogP contribution in [0.4, 0.5) is 17.6 Å². The van der Waals surface area contributed by atoms with E-state index in [9.17, 15) is 17.6 Å². The summed E-state index contributed by atoms with van der Waals surface area (Å²) in [4.78, 5) is 0. The van der Waals surface area contributed by atoms with Crippen molar-refractivity contribution in [3.63, 3.8) is 0 Å². The quantitative estimate of drug-likeness (QED) is 0.297. The molecule has 0 atom stereocenters. The standard InChI is InChI=1S/C29H30F4O2/c1-3-18-5-9-20(10-6-18)22-13-14-23(27(31)26(22)30)21-11-7-19(8-12-21)17-35-25-16-15-24(34-4-2)28(32)29(25)33/h7-8,11-16,18,20H,3-6,9-10,17H2,1-2H3. The molecule has 0 aliphatic heterocycles. The summed E-state index contributed by atoms with van der Waals surface area (Å²) in [6, 6.07) is 12.7. The maximum absolute atomic E-state index is 15.0. The van der Waals surface area contributed by atoms with Gasteiger partial charge in [-0.15, -0.1) is 0 Å². The zero-order valence-corrected chi connectivity index (χ0v) is 20.1. The first-order valence-corrected chi connectivity index (χ1v) is 12.2. The zero-order chi connectivity index (χ0) is 24.9. The molecule has 2 nitrogen and oxygen atoms in total. The van der Waals surface area contributed by atoms with Crippen LogP contribution in [0.15, 0.2) is 48.5 Å². The molecule has 1 saturated carbocycles. The second kappa shape index (κ2) is 11.1. The molecule has 1 aliphatic carbocycles. The molecule has 0 saturated heterocycles. The molecule has 6 heteroatoms. The van der Waals surface area contributed by atoms with Crippen molar-refractivity contribution in [2.75, 3.05) is 6.61 Å². The third-order valence-corrected chi connectivity index (χ3v) is 6.95. The molecule has 0 N–H and O–H groups in total. The Kier molecular flexibility index (Phi) is 7.99. The summed E-state index contributed by atoms with van der Waals surface area (Å²) in [6.07, 6.45) is 5.03. The van der Waals surface area contributed by atoms with Gasteiger partial charge >= 0.3 is 0 Å². The molecule has 0 spiro atoms. The van der Waals surface area contributed by atoms with E-state index in [0.29, 0.717) is 22.6 Å². The van der Waals surface area contributed by atoms with Crippen LogP contribution < -0.4 is 9.47 Å². The van der Waals surface area contributed by atoms with Crippen LogP contribution in [0.2, 0.25) is 0 Å². The van der Waals surface area contributed by atoms with E-state index in [-0.39, 0.29) is 36.2 Å². The minimum Gasteiger partial charge on any atom is -0.491 e. The zero-order valence-electron chi connectivity index (χ0n) is 20.1. The van der Waals surface area contributed by atoms with Crippen molar-refractivity contribution in [3.8, 4) is 22.6 Å². The van der Waals surface area contributed by atoms with Gasteiger partial charge in [0.25, 0.3) is 0 Å². The Bertz CT molecular complexity index is 1150. The predicted octanol–water partition coefficient (Wildman–Crippen LogP) is 8.57. The molecular weight excluding hydrogens is 456 g/mol. The Morgan fingerprint density at radius 3 is 1.91 bits per heavy atom. The van der Waals surface area contributed by atoms with Crippen LogP contribution in [0.25, 0.3) is 11.1 Å². The van der Waals surface area contributed by atoms with Crippen molar-refractivity contribution < 1.29 is 27.0 Å². The second-order valence-corrected chi connectivity index (χ2v) is 9.06. The number of benzene rings is 3. The van der Waals surface area contributed by atoms with Crippen molar-refractivity contribution in [1.82, 2.24) is 0 Å². The van der Waals surface area contributed by atoms with E-state index >= 15 is 0 Å². The normalized spacial score (nSPS) is 17.9. The summed E-state index contributed by atoms with van der Waals surface area (Å²) in [5.74, 6) is -3.46. The van der Waals surface area contributed by atoms with Crippen LogP contribution in [-0.2, 0) is 6.61 Å². The van der Waals surface area contributed by atoms with Gasteiger partial charge in [-0.1, -0.05) is 49.7 Å². The lowest BCUT2D eigenvalue weighted by atomic mass is 9.77. The van der Waals surface area contributed by atoms with E-state index in [1.165, 1.54) is 12.1 Å². The fraction of sp³-hybridized carbons (Fsp3) is 0.379. The average Bonchev–Trinajstić information content (AvgIpc) is 2.88. The van der Waals surface area contributed by atoms with Gasteiger partial charge in [-0.25, -0.2) is 8.78 Å². The number of hydrogen-bond donors (Lipinski definition) is 0. The highest BCUT2D eigenvalue weighted by molar-refractivity contribution is 5.65. The first-order valence-electron chi connectivity index (χ1n) is 12.2. The van der Waals surface area contributed by atoms with Crippen molar-refractivity contribution in [2.24, 2.45) is 5.92 Å². The molecule has 0 aromatic heterocycles. The van der Waals surface area contributed by atoms with E-state index in [1.807, 2.05) is 0 Å². The topological polar surface area (TPSA) is 18.5 Å². The number of hydrogen-bond acceptors (Lipinski definition) is 2. The number of halogens is 4. The van der Waals surface area contributed by atoms with Gasteiger partial charge in [-0.05, 0) is 73.3 Å². The number of rotatable bonds is 8. The molecule has 0 bridgehead atoms. The highest BCUT2D eigenvalue weighted by atomic mass is 19.2. The van der Waals surface area contributed by atoms with E-state index < -0.39 is 23.3 Å². The summed E-state index contributed by atoms with van der Waals surface area (Å²) in [5, 5.41) is 0. The van der Waals surface area contributed by atoms with Crippen LogP contribution >= 0.6 is 0 Å². The maximum Gasteiger partial charge on any atom is 0.204 e. The van der Waals surface area contributed by atoms with E-state index in [4.69, 9.17) is 9.47 Å². The lowest BCUT2D eigenvalue weighted by molar-refractivity contribution is 0.274. The van der Waals surface area contributed by atoms with Gasteiger partial charge in [0, 0.05) is 5.56 Å². The summed E-state index contributed by atoms with van der Waals surface area (Å²) in [7, 11) is 0. The van der Waals surface area contributed by atoms with E-state index in [2.05, 4.69) is 6.92 Å². The minimum absolute atomic E-state index is 0.0131. The van der Waals surface area contributed by atoms with Crippen LogP contribution in [-0.4, -0.2) is 6.61 Å². The van der Waals surface area contributed by atoms with Crippen molar-refractivity contribution in [1.29, 1.82) is 0 Å². The highest BCUT2D eigenvalue weighted by Gasteiger charge is 2.26. The Hall–Kier alpha value is -3.02. The van der Waals surface area contributed by atoms with Crippen LogP contribution in [0.5, 0.6) is 11.5 Å². The van der Waals surface area contributed by atoms with Gasteiger partial charge in [0.2, 0.25) is 11.6 Å². The summed E-state index contributed by atoms with van der Waals surface area (Å²) < 4.78 is 68.6. The SMILES string of the molecule is CCOc1ccc(OCc2ccc(-c3ccc(C4CCC(CC)CC4)c(F)c3F)cc2)c(F)c1F. The Labute approximate surface area is 203 Å². The van der Waals surface area contributed by atoms with Gasteiger partial charge in [-0.2, -0.15) is 8.78 Å². The molecule has 35 heavy (non-hydrogen) atoms. The summed E-state index contributed by atoms with van der Waals surface area (Å²) in [6.45, 7) is 4.06. The molecule has 3 aromatic carbocycles. The smallest absolute Gasteiger partial charge is 0.204 e. The third kappa shape index (κ3) is 5.47. The largest absolute Gasteiger partial charge is 0.491 e. The molecule has 0 amide bonds. The van der Waals surface area contributed by atoms with Gasteiger partial charge < -0.3 is 9.47 Å². The summed E-state index contributed by atoms with van der Waals surface area (Å²) in [5.41, 5.74) is 1.87. The van der Waals surface area contributed by atoms with Crippen LogP contribution in [0.1, 0.15) is 63.0 Å². The molecule has 0 unspecified atom stereocenters. The molecule has 0 heterocycles. The van der Waals surface area contributed by atoms with Gasteiger partial charge in [0.15, 0.2) is 23.1 Å². The highest BCUT2D eigenvalue weighted by Crippen LogP contribution is 2.39. The van der Waals surface area contributed by atoms with E-state index in [0.717, 1.165) is 32.1 Å². The van der Waals surface area contributed by atoms with Crippen molar-refractivity contribution >= 4 is 0 Å². The third-order valence-electron chi connectivity index (χ3n) is 6.95. The average molecular weight is 487 g/mol. The minimum atomic E-state index is -1.12. The second-order valence-electron chi connectivity index (χ2n) is 9.06. The molecular formula is C29H30F4O2. The fourth-order valence-corrected chi connectivity index (χ4v) is 4.82. The van der Waals surface area contributed by atoms with Crippen molar-refractivity contribution in [3.05, 3.63) is 82.9 Å². The fourth-order valence-electron chi connectivity index (χ4n) is 4.82. The molecule has 1 aliphatic rings. The van der Waals surface area contributed by atoms with Gasteiger partial charge in [0.05, 0.1) is 6.61 Å². The van der Waals surface area contributed by atoms with Gasteiger partial charge in [0.1, 0.15) is 6.61 Å². The monoisotopic (exact) mass is 486 g/mol. The molecule has 4 rings (SSSR count). The Morgan fingerprint density at radius 2 is 1.31 bits per heavy atom.